The van der Waals surface area contributed by atoms with Crippen molar-refractivity contribution >= 4 is 0 Å². The second kappa shape index (κ2) is 8.12. The van der Waals surface area contributed by atoms with Crippen LogP contribution in [0, 0.1) is 0 Å². The maximum Gasteiger partial charge on any atom is 0.00952 e. The fraction of sp³-hybridized carbons (Fsp3) is 1.00. The molecule has 0 amide bonds. The predicted octanol–water partition coefficient (Wildman–Crippen LogP) is 2.77. The fourth-order valence-corrected chi connectivity index (χ4v) is 2.58. The first-order valence-corrected chi connectivity index (χ1v) is 6.82. The van der Waals surface area contributed by atoms with Crippen LogP contribution in [0.5, 0.6) is 0 Å². The van der Waals surface area contributed by atoms with Gasteiger partial charge in [0, 0.05) is 6.04 Å². The van der Waals surface area contributed by atoms with E-state index < -0.39 is 0 Å². The standard InChI is InChI=1S/C13H28N2/c1-2-3-11-15(12-7-10-14)13-8-5-4-6-9-13/h13H,2-12,14H2,1H3. The van der Waals surface area contributed by atoms with Crippen LogP contribution in [0.3, 0.4) is 0 Å². The summed E-state index contributed by atoms with van der Waals surface area (Å²) in [5, 5.41) is 0. The third-order valence-corrected chi connectivity index (χ3v) is 3.54. The van der Waals surface area contributed by atoms with Gasteiger partial charge in [-0.15, -0.1) is 0 Å². The molecule has 0 aromatic rings. The van der Waals surface area contributed by atoms with Crippen molar-refractivity contribution in [2.24, 2.45) is 5.73 Å². The Hall–Kier alpha value is -0.0800. The molecule has 1 aliphatic carbocycles. The van der Waals surface area contributed by atoms with Gasteiger partial charge in [-0.1, -0.05) is 32.6 Å². The van der Waals surface area contributed by atoms with Gasteiger partial charge in [0.25, 0.3) is 0 Å². The highest BCUT2D eigenvalue weighted by Gasteiger charge is 2.19. The third-order valence-electron chi connectivity index (χ3n) is 3.54. The zero-order valence-electron chi connectivity index (χ0n) is 10.4. The highest BCUT2D eigenvalue weighted by atomic mass is 15.1. The SMILES string of the molecule is CCCCN(CCCN)C1CCCCC1. The average molecular weight is 212 g/mol. The summed E-state index contributed by atoms with van der Waals surface area (Å²) in [4.78, 5) is 2.70. The van der Waals surface area contributed by atoms with Crippen LogP contribution in [0.2, 0.25) is 0 Å². The lowest BCUT2D eigenvalue weighted by atomic mass is 9.94. The Morgan fingerprint density at radius 3 is 2.33 bits per heavy atom. The van der Waals surface area contributed by atoms with Crippen molar-refractivity contribution in [2.45, 2.75) is 64.3 Å². The molecule has 0 heterocycles. The maximum absolute atomic E-state index is 5.61. The molecular formula is C13H28N2. The van der Waals surface area contributed by atoms with Crippen molar-refractivity contribution in [2.75, 3.05) is 19.6 Å². The smallest absolute Gasteiger partial charge is 0.00952 e. The van der Waals surface area contributed by atoms with Crippen molar-refractivity contribution in [1.82, 2.24) is 4.90 Å². The van der Waals surface area contributed by atoms with Crippen LogP contribution in [0.25, 0.3) is 0 Å². The second-order valence-corrected chi connectivity index (χ2v) is 4.82. The molecule has 1 aliphatic rings. The van der Waals surface area contributed by atoms with Crippen LogP contribution in [-0.4, -0.2) is 30.6 Å². The molecular weight excluding hydrogens is 184 g/mol. The van der Waals surface area contributed by atoms with Gasteiger partial charge >= 0.3 is 0 Å². The first kappa shape index (κ1) is 13.0. The zero-order valence-corrected chi connectivity index (χ0v) is 10.4. The minimum Gasteiger partial charge on any atom is -0.330 e. The topological polar surface area (TPSA) is 29.3 Å². The van der Waals surface area contributed by atoms with Crippen molar-refractivity contribution in [3.63, 3.8) is 0 Å². The van der Waals surface area contributed by atoms with Crippen LogP contribution in [0.1, 0.15) is 58.3 Å². The van der Waals surface area contributed by atoms with E-state index in [4.69, 9.17) is 5.73 Å². The fourth-order valence-electron chi connectivity index (χ4n) is 2.58. The lowest BCUT2D eigenvalue weighted by Gasteiger charge is -2.34. The summed E-state index contributed by atoms with van der Waals surface area (Å²) in [6.07, 6.45) is 11.0. The average Bonchev–Trinajstić information content (AvgIpc) is 2.30. The van der Waals surface area contributed by atoms with Gasteiger partial charge in [-0.25, -0.2) is 0 Å². The van der Waals surface area contributed by atoms with Gasteiger partial charge in [0.15, 0.2) is 0 Å². The van der Waals surface area contributed by atoms with Gasteiger partial charge in [0.1, 0.15) is 0 Å². The van der Waals surface area contributed by atoms with E-state index in [0.717, 1.165) is 12.6 Å². The molecule has 0 atom stereocenters. The third kappa shape index (κ3) is 4.98. The number of nitrogens with zero attached hydrogens (tertiary/aromatic N) is 1. The molecule has 2 N–H and O–H groups in total. The molecule has 0 radical (unpaired) electrons. The molecule has 2 heteroatoms. The molecule has 0 saturated heterocycles. The summed E-state index contributed by atoms with van der Waals surface area (Å²) in [6, 6.07) is 0.872. The van der Waals surface area contributed by atoms with Gasteiger partial charge in [-0.05, 0) is 45.3 Å². The van der Waals surface area contributed by atoms with Crippen molar-refractivity contribution in [1.29, 1.82) is 0 Å². The summed E-state index contributed by atoms with van der Waals surface area (Å²) in [5.74, 6) is 0. The van der Waals surface area contributed by atoms with Crippen molar-refractivity contribution < 1.29 is 0 Å². The Morgan fingerprint density at radius 1 is 1.07 bits per heavy atom. The van der Waals surface area contributed by atoms with Crippen LogP contribution in [0.15, 0.2) is 0 Å². The van der Waals surface area contributed by atoms with Gasteiger partial charge in [-0.2, -0.15) is 0 Å². The number of nitrogens with two attached hydrogens (primary N) is 1. The Labute approximate surface area is 95.2 Å². The minimum absolute atomic E-state index is 0.843. The van der Waals surface area contributed by atoms with Crippen molar-refractivity contribution in [3.8, 4) is 0 Å². The zero-order chi connectivity index (χ0) is 10.9. The molecule has 0 bridgehead atoms. The number of rotatable bonds is 7. The molecule has 2 nitrogen and oxygen atoms in total. The van der Waals surface area contributed by atoms with E-state index in [1.165, 1.54) is 64.5 Å². The molecule has 15 heavy (non-hydrogen) atoms. The molecule has 1 fully saturated rings. The van der Waals surface area contributed by atoms with Gasteiger partial charge < -0.3 is 10.6 Å². The normalized spacial score (nSPS) is 18.6. The second-order valence-electron chi connectivity index (χ2n) is 4.82. The van der Waals surface area contributed by atoms with E-state index in [2.05, 4.69) is 11.8 Å². The molecule has 90 valence electrons. The van der Waals surface area contributed by atoms with E-state index in [1.807, 2.05) is 0 Å². The van der Waals surface area contributed by atoms with Gasteiger partial charge in [0.2, 0.25) is 0 Å². The Bertz CT molecular complexity index is 133. The van der Waals surface area contributed by atoms with Crippen LogP contribution in [-0.2, 0) is 0 Å². The monoisotopic (exact) mass is 212 g/mol. The lowest BCUT2D eigenvalue weighted by Crippen LogP contribution is -2.38. The first-order chi connectivity index (χ1) is 7.38. The number of hydrogen-bond acceptors (Lipinski definition) is 2. The van der Waals surface area contributed by atoms with Gasteiger partial charge in [-0.3, -0.25) is 0 Å². The summed E-state index contributed by atoms with van der Waals surface area (Å²) in [7, 11) is 0. The highest BCUT2D eigenvalue weighted by Crippen LogP contribution is 2.22. The summed E-state index contributed by atoms with van der Waals surface area (Å²) < 4.78 is 0. The van der Waals surface area contributed by atoms with Crippen molar-refractivity contribution in [3.05, 3.63) is 0 Å². The quantitative estimate of drug-likeness (QED) is 0.703. The summed E-state index contributed by atoms with van der Waals surface area (Å²) in [5.41, 5.74) is 5.61. The summed E-state index contributed by atoms with van der Waals surface area (Å²) in [6.45, 7) is 5.64. The van der Waals surface area contributed by atoms with E-state index in [9.17, 15) is 0 Å². The van der Waals surface area contributed by atoms with E-state index in [1.54, 1.807) is 0 Å². The number of unbranched alkanes of at least 4 members (excludes halogenated alkanes) is 1. The molecule has 0 aromatic carbocycles. The van der Waals surface area contributed by atoms with Crippen LogP contribution < -0.4 is 5.73 Å². The highest BCUT2D eigenvalue weighted by molar-refractivity contribution is 4.75. The number of hydrogen-bond donors (Lipinski definition) is 1. The van der Waals surface area contributed by atoms with Crippen LogP contribution >= 0.6 is 0 Å². The minimum atomic E-state index is 0.843. The Morgan fingerprint density at radius 2 is 1.73 bits per heavy atom. The van der Waals surface area contributed by atoms with Crippen LogP contribution in [0.4, 0.5) is 0 Å². The molecule has 0 unspecified atom stereocenters. The molecule has 0 aromatic heterocycles. The maximum atomic E-state index is 5.61. The van der Waals surface area contributed by atoms with Gasteiger partial charge in [0.05, 0.1) is 0 Å². The largest absolute Gasteiger partial charge is 0.330 e. The molecule has 1 rings (SSSR count). The molecule has 1 saturated carbocycles. The predicted molar refractivity (Wildman–Crippen MR) is 67.0 cm³/mol. The lowest BCUT2D eigenvalue weighted by molar-refractivity contribution is 0.153. The first-order valence-electron chi connectivity index (χ1n) is 6.82. The Balaban J connectivity index is 2.30. The molecule has 0 spiro atoms. The van der Waals surface area contributed by atoms with E-state index >= 15 is 0 Å². The Kier molecular flexibility index (Phi) is 7.03. The summed E-state index contributed by atoms with van der Waals surface area (Å²) >= 11 is 0. The van der Waals surface area contributed by atoms with E-state index in [-0.39, 0.29) is 0 Å². The molecule has 0 aliphatic heterocycles. The van der Waals surface area contributed by atoms with E-state index in [0.29, 0.717) is 0 Å².